The molecule has 1 saturated heterocycles. The van der Waals surface area contributed by atoms with Crippen LogP contribution in [0.15, 0.2) is 42.6 Å². The number of hydrogen-bond donors (Lipinski definition) is 1. The highest BCUT2D eigenvalue weighted by Gasteiger charge is 2.36. The number of carbonyl (C=O) groups excluding carboxylic acids is 1. The van der Waals surface area contributed by atoms with Crippen LogP contribution in [0.1, 0.15) is 31.4 Å². The largest absolute Gasteiger partial charge is 0.273 e. The molecule has 1 aromatic heterocycles. The van der Waals surface area contributed by atoms with Crippen LogP contribution in [0.3, 0.4) is 0 Å². The molecule has 0 spiro atoms. The van der Waals surface area contributed by atoms with Gasteiger partial charge in [-0.25, -0.2) is 15.4 Å². The van der Waals surface area contributed by atoms with E-state index in [0.29, 0.717) is 17.3 Å². The number of pyridine rings is 1. The van der Waals surface area contributed by atoms with Crippen LogP contribution in [0, 0.1) is 11.8 Å². The van der Waals surface area contributed by atoms with Gasteiger partial charge in [-0.1, -0.05) is 29.5 Å². The molecule has 116 valence electrons. The molecule has 4 nitrogen and oxygen atoms in total. The Morgan fingerprint density at radius 2 is 2.00 bits per heavy atom. The molecular formula is C18H16ClN3O. The molecule has 0 atom stereocenters. The molecule has 2 heterocycles. The molecule has 0 bridgehead atoms. The number of halogens is 1. The Bertz CT molecular complexity index is 803. The standard InChI is InChI=1S/C18H16ClN3O/c1-18(2)11-17(23)22(21-18)16-9-8-14(12-20-16)7-6-13-4-3-5-15(19)10-13/h3-5,8-10,12,21H,11H2,1-2H3. The molecule has 3 rings (SSSR count). The van der Waals surface area contributed by atoms with Crippen molar-refractivity contribution in [2.45, 2.75) is 25.8 Å². The fraction of sp³-hybridized carbons (Fsp3) is 0.222. The number of anilines is 1. The average molecular weight is 326 g/mol. The lowest BCUT2D eigenvalue weighted by Gasteiger charge is -2.20. The van der Waals surface area contributed by atoms with Gasteiger partial charge in [0.2, 0.25) is 5.91 Å². The van der Waals surface area contributed by atoms with E-state index in [-0.39, 0.29) is 11.4 Å². The molecule has 1 amide bonds. The molecule has 0 saturated carbocycles. The number of benzene rings is 1. The zero-order valence-electron chi connectivity index (χ0n) is 12.9. The monoisotopic (exact) mass is 325 g/mol. The van der Waals surface area contributed by atoms with Gasteiger partial charge in [0.15, 0.2) is 0 Å². The van der Waals surface area contributed by atoms with Crippen LogP contribution in [0.5, 0.6) is 0 Å². The molecule has 0 aliphatic carbocycles. The Morgan fingerprint density at radius 3 is 2.61 bits per heavy atom. The lowest BCUT2D eigenvalue weighted by atomic mass is 10.0. The molecule has 2 aromatic rings. The normalized spacial score (nSPS) is 16.1. The predicted molar refractivity (Wildman–Crippen MR) is 91.0 cm³/mol. The second kappa shape index (κ2) is 6.04. The van der Waals surface area contributed by atoms with Crippen molar-refractivity contribution in [1.29, 1.82) is 0 Å². The van der Waals surface area contributed by atoms with Gasteiger partial charge >= 0.3 is 0 Å². The highest BCUT2D eigenvalue weighted by molar-refractivity contribution is 6.30. The third-order valence-corrected chi connectivity index (χ3v) is 3.64. The van der Waals surface area contributed by atoms with E-state index in [1.54, 1.807) is 12.3 Å². The summed E-state index contributed by atoms with van der Waals surface area (Å²) in [4.78, 5) is 16.3. The summed E-state index contributed by atoms with van der Waals surface area (Å²) in [6.07, 6.45) is 2.11. The minimum absolute atomic E-state index is 0.0141. The maximum Gasteiger partial charge on any atom is 0.244 e. The molecule has 0 unspecified atom stereocenters. The van der Waals surface area contributed by atoms with Gasteiger partial charge in [0.25, 0.3) is 0 Å². The van der Waals surface area contributed by atoms with Crippen molar-refractivity contribution in [3.63, 3.8) is 0 Å². The van der Waals surface area contributed by atoms with Crippen molar-refractivity contribution < 1.29 is 4.79 Å². The summed E-state index contributed by atoms with van der Waals surface area (Å²) in [6, 6.07) is 11.0. The van der Waals surface area contributed by atoms with E-state index in [4.69, 9.17) is 11.6 Å². The number of aromatic nitrogens is 1. The summed E-state index contributed by atoms with van der Waals surface area (Å²) >= 11 is 5.93. The van der Waals surface area contributed by atoms with Crippen LogP contribution in [-0.4, -0.2) is 16.4 Å². The number of rotatable bonds is 1. The number of nitrogens with zero attached hydrogens (tertiary/aromatic N) is 2. The molecule has 23 heavy (non-hydrogen) atoms. The summed E-state index contributed by atoms with van der Waals surface area (Å²) in [6.45, 7) is 3.96. The van der Waals surface area contributed by atoms with Gasteiger partial charge in [-0.05, 0) is 44.2 Å². The van der Waals surface area contributed by atoms with Crippen molar-refractivity contribution in [1.82, 2.24) is 10.4 Å². The predicted octanol–water partition coefficient (Wildman–Crippen LogP) is 3.15. The highest BCUT2D eigenvalue weighted by atomic mass is 35.5. The summed E-state index contributed by atoms with van der Waals surface area (Å²) in [5.74, 6) is 6.67. The van der Waals surface area contributed by atoms with Crippen LogP contribution in [0.4, 0.5) is 5.82 Å². The Hall–Kier alpha value is -2.35. The Balaban J connectivity index is 1.77. The SMILES string of the molecule is CC1(C)CC(=O)N(c2ccc(C#Cc3cccc(Cl)c3)cn2)N1. The quantitative estimate of drug-likeness (QED) is 0.819. The van der Waals surface area contributed by atoms with Crippen molar-refractivity contribution in [2.24, 2.45) is 0 Å². The number of hydrazine groups is 1. The maximum atomic E-state index is 12.0. The first kappa shape index (κ1) is 15.5. The first-order valence-electron chi connectivity index (χ1n) is 7.27. The first-order valence-corrected chi connectivity index (χ1v) is 7.65. The second-order valence-corrected chi connectivity index (χ2v) is 6.50. The third-order valence-electron chi connectivity index (χ3n) is 3.41. The fourth-order valence-corrected chi connectivity index (χ4v) is 2.54. The minimum Gasteiger partial charge on any atom is -0.273 e. The summed E-state index contributed by atoms with van der Waals surface area (Å²) in [5.41, 5.74) is 4.53. The maximum absolute atomic E-state index is 12.0. The number of hydrogen-bond acceptors (Lipinski definition) is 3. The van der Waals surface area contributed by atoms with E-state index in [1.807, 2.05) is 44.2 Å². The van der Waals surface area contributed by atoms with E-state index < -0.39 is 0 Å². The fourth-order valence-electron chi connectivity index (χ4n) is 2.35. The van der Waals surface area contributed by atoms with E-state index in [0.717, 1.165) is 11.1 Å². The van der Waals surface area contributed by atoms with Crippen LogP contribution in [0.25, 0.3) is 0 Å². The summed E-state index contributed by atoms with van der Waals surface area (Å²) < 4.78 is 0. The van der Waals surface area contributed by atoms with E-state index in [1.165, 1.54) is 5.01 Å². The van der Waals surface area contributed by atoms with Crippen LogP contribution >= 0.6 is 11.6 Å². The smallest absolute Gasteiger partial charge is 0.244 e. The van der Waals surface area contributed by atoms with Gasteiger partial charge in [0.05, 0.1) is 0 Å². The molecule has 1 aliphatic rings. The zero-order chi connectivity index (χ0) is 16.4. The van der Waals surface area contributed by atoms with E-state index in [2.05, 4.69) is 22.3 Å². The number of amides is 1. The first-order chi connectivity index (χ1) is 10.9. The zero-order valence-corrected chi connectivity index (χ0v) is 13.7. The number of carbonyl (C=O) groups is 1. The van der Waals surface area contributed by atoms with Crippen molar-refractivity contribution >= 4 is 23.3 Å². The molecule has 1 aromatic carbocycles. The molecule has 1 N–H and O–H groups in total. The van der Waals surface area contributed by atoms with Gasteiger partial charge in [-0.15, -0.1) is 0 Å². The van der Waals surface area contributed by atoms with Crippen LogP contribution in [-0.2, 0) is 4.79 Å². The van der Waals surface area contributed by atoms with Crippen molar-refractivity contribution in [2.75, 3.05) is 5.01 Å². The molecule has 5 heteroatoms. The third kappa shape index (κ3) is 3.70. The molecule has 0 radical (unpaired) electrons. The molecular weight excluding hydrogens is 310 g/mol. The molecule has 1 fully saturated rings. The van der Waals surface area contributed by atoms with Gasteiger partial charge in [0, 0.05) is 34.3 Å². The van der Waals surface area contributed by atoms with Gasteiger partial charge in [0.1, 0.15) is 5.82 Å². The lowest BCUT2D eigenvalue weighted by molar-refractivity contribution is -0.117. The average Bonchev–Trinajstić information content (AvgIpc) is 2.79. The minimum atomic E-state index is -0.246. The van der Waals surface area contributed by atoms with E-state index in [9.17, 15) is 4.79 Å². The Labute approximate surface area is 140 Å². The van der Waals surface area contributed by atoms with E-state index >= 15 is 0 Å². The molecule has 1 aliphatic heterocycles. The summed E-state index contributed by atoms with van der Waals surface area (Å²) in [5, 5.41) is 2.15. The van der Waals surface area contributed by atoms with Crippen molar-refractivity contribution in [3.05, 3.63) is 58.7 Å². The van der Waals surface area contributed by atoms with Crippen molar-refractivity contribution in [3.8, 4) is 11.8 Å². The van der Waals surface area contributed by atoms with Crippen LogP contribution < -0.4 is 10.4 Å². The second-order valence-electron chi connectivity index (χ2n) is 6.07. The lowest BCUT2D eigenvalue weighted by Crippen LogP contribution is -2.42. The summed E-state index contributed by atoms with van der Waals surface area (Å²) in [7, 11) is 0. The van der Waals surface area contributed by atoms with Gasteiger partial charge in [-0.3, -0.25) is 4.79 Å². The Kier molecular flexibility index (Phi) is 4.08. The van der Waals surface area contributed by atoms with Gasteiger partial charge < -0.3 is 0 Å². The Morgan fingerprint density at radius 1 is 1.22 bits per heavy atom. The van der Waals surface area contributed by atoms with Gasteiger partial charge in [-0.2, -0.15) is 0 Å². The number of nitrogens with one attached hydrogen (secondary N) is 1. The topological polar surface area (TPSA) is 45.2 Å². The van der Waals surface area contributed by atoms with Crippen LogP contribution in [0.2, 0.25) is 5.02 Å². The highest BCUT2D eigenvalue weighted by Crippen LogP contribution is 2.23.